The van der Waals surface area contributed by atoms with E-state index in [0.717, 1.165) is 25.7 Å². The Bertz CT molecular complexity index is 463. The zero-order valence-electron chi connectivity index (χ0n) is 12.0. The van der Waals surface area contributed by atoms with Gasteiger partial charge in [0.25, 0.3) is 11.8 Å². The van der Waals surface area contributed by atoms with E-state index in [1.807, 2.05) is 0 Å². The Balaban J connectivity index is 2.26. The van der Waals surface area contributed by atoms with E-state index in [0.29, 0.717) is 12.3 Å². The molecular weight excluding hydrogens is 272 g/mol. The minimum atomic E-state index is -0.588. The summed E-state index contributed by atoms with van der Waals surface area (Å²) in [5.41, 5.74) is 5.48. The van der Waals surface area contributed by atoms with E-state index in [1.54, 1.807) is 24.3 Å². The fraction of sp³-hybridized carbons (Fsp3) is 0.467. The summed E-state index contributed by atoms with van der Waals surface area (Å²) in [6.45, 7) is 0.630. The van der Waals surface area contributed by atoms with Gasteiger partial charge in [-0.3, -0.25) is 9.59 Å². The predicted molar refractivity (Wildman–Crippen MR) is 79.0 cm³/mol. The van der Waals surface area contributed by atoms with E-state index in [1.165, 1.54) is 0 Å². The molecular formula is C15H22N2O4. The largest absolute Gasteiger partial charge is 0.483 e. The number of benzene rings is 1. The quantitative estimate of drug-likeness (QED) is 0.556. The lowest BCUT2D eigenvalue weighted by Crippen LogP contribution is -2.30. The molecule has 1 rings (SSSR count). The second kappa shape index (κ2) is 9.77. The molecule has 0 radical (unpaired) electrons. The second-order valence-electron chi connectivity index (χ2n) is 4.64. The van der Waals surface area contributed by atoms with Crippen LogP contribution in [0.1, 0.15) is 36.0 Å². The SMILES string of the molecule is NC(=O)c1ccccc1OCC(=O)NCCCCCCO. The number of hydrogen-bond donors (Lipinski definition) is 3. The first-order valence-electron chi connectivity index (χ1n) is 7.04. The Labute approximate surface area is 124 Å². The number of amides is 2. The number of nitrogens with two attached hydrogens (primary N) is 1. The lowest BCUT2D eigenvalue weighted by atomic mass is 10.2. The highest BCUT2D eigenvalue weighted by atomic mass is 16.5. The van der Waals surface area contributed by atoms with Gasteiger partial charge in [-0.2, -0.15) is 0 Å². The van der Waals surface area contributed by atoms with Gasteiger partial charge in [0.05, 0.1) is 5.56 Å². The summed E-state index contributed by atoms with van der Waals surface area (Å²) in [6.07, 6.45) is 3.58. The van der Waals surface area contributed by atoms with Gasteiger partial charge in [0, 0.05) is 13.2 Å². The molecule has 1 aromatic rings. The molecule has 0 aliphatic heterocycles. The van der Waals surface area contributed by atoms with Crippen molar-refractivity contribution in [3.8, 4) is 5.75 Å². The van der Waals surface area contributed by atoms with Gasteiger partial charge in [-0.05, 0) is 25.0 Å². The van der Waals surface area contributed by atoms with Gasteiger partial charge in [0.1, 0.15) is 5.75 Å². The summed E-state index contributed by atoms with van der Waals surface area (Å²) in [5.74, 6) is -0.519. The molecule has 0 bridgehead atoms. The summed E-state index contributed by atoms with van der Waals surface area (Å²) in [5, 5.41) is 11.4. The number of carbonyl (C=O) groups excluding carboxylic acids is 2. The van der Waals surface area contributed by atoms with Gasteiger partial charge >= 0.3 is 0 Å². The molecule has 6 heteroatoms. The molecule has 6 nitrogen and oxygen atoms in total. The van der Waals surface area contributed by atoms with E-state index < -0.39 is 5.91 Å². The average Bonchev–Trinajstić information content (AvgIpc) is 2.49. The fourth-order valence-corrected chi connectivity index (χ4v) is 1.81. The number of nitrogens with one attached hydrogen (secondary N) is 1. The Morgan fingerprint density at radius 2 is 1.86 bits per heavy atom. The molecule has 21 heavy (non-hydrogen) atoms. The van der Waals surface area contributed by atoms with E-state index in [2.05, 4.69) is 5.32 Å². The van der Waals surface area contributed by atoms with Crippen LogP contribution in [0.4, 0.5) is 0 Å². The van der Waals surface area contributed by atoms with Crippen LogP contribution >= 0.6 is 0 Å². The monoisotopic (exact) mass is 294 g/mol. The number of hydrogen-bond acceptors (Lipinski definition) is 4. The molecule has 0 saturated heterocycles. The van der Waals surface area contributed by atoms with Gasteiger partial charge in [-0.15, -0.1) is 0 Å². The van der Waals surface area contributed by atoms with Gasteiger partial charge in [0.2, 0.25) is 0 Å². The molecule has 0 saturated carbocycles. The van der Waals surface area contributed by atoms with Crippen molar-refractivity contribution in [3.05, 3.63) is 29.8 Å². The molecule has 0 atom stereocenters. The number of primary amides is 1. The van der Waals surface area contributed by atoms with Crippen molar-refractivity contribution >= 4 is 11.8 Å². The number of aliphatic hydroxyl groups is 1. The van der Waals surface area contributed by atoms with Crippen LogP contribution < -0.4 is 15.8 Å². The smallest absolute Gasteiger partial charge is 0.257 e. The highest BCUT2D eigenvalue weighted by Gasteiger charge is 2.09. The first-order chi connectivity index (χ1) is 10.1. The van der Waals surface area contributed by atoms with Gasteiger partial charge in [-0.25, -0.2) is 0 Å². The molecule has 1 aromatic carbocycles. The maximum Gasteiger partial charge on any atom is 0.257 e. The minimum absolute atomic E-state index is 0.152. The third-order valence-corrected chi connectivity index (χ3v) is 2.92. The number of unbranched alkanes of at least 4 members (excludes halogenated alkanes) is 3. The molecule has 0 fully saturated rings. The maximum atomic E-state index is 11.6. The summed E-state index contributed by atoms with van der Waals surface area (Å²) in [4.78, 5) is 22.8. The molecule has 0 heterocycles. The summed E-state index contributed by atoms with van der Waals surface area (Å²) in [6, 6.07) is 6.54. The van der Waals surface area contributed by atoms with Crippen LogP contribution in [-0.2, 0) is 4.79 Å². The molecule has 0 aliphatic rings. The normalized spacial score (nSPS) is 10.1. The number of aliphatic hydroxyl groups excluding tert-OH is 1. The van der Waals surface area contributed by atoms with Gasteiger partial charge in [0.15, 0.2) is 6.61 Å². The van der Waals surface area contributed by atoms with E-state index in [4.69, 9.17) is 15.6 Å². The van der Waals surface area contributed by atoms with Crippen LogP contribution in [-0.4, -0.2) is 36.7 Å². The lowest BCUT2D eigenvalue weighted by molar-refractivity contribution is -0.123. The lowest BCUT2D eigenvalue weighted by Gasteiger charge is -2.09. The second-order valence-corrected chi connectivity index (χ2v) is 4.64. The van der Waals surface area contributed by atoms with E-state index >= 15 is 0 Å². The van der Waals surface area contributed by atoms with Crippen molar-refractivity contribution in [1.82, 2.24) is 5.32 Å². The highest BCUT2D eigenvalue weighted by molar-refractivity contribution is 5.95. The molecule has 0 unspecified atom stereocenters. The Kier molecular flexibility index (Phi) is 7.89. The fourth-order valence-electron chi connectivity index (χ4n) is 1.81. The molecule has 2 amide bonds. The molecule has 0 aliphatic carbocycles. The summed E-state index contributed by atoms with van der Waals surface area (Å²) in [7, 11) is 0. The number of para-hydroxylation sites is 1. The first kappa shape index (κ1) is 17.0. The standard InChI is InChI=1S/C15H22N2O4/c16-15(20)12-7-3-4-8-13(12)21-11-14(19)17-9-5-1-2-6-10-18/h3-4,7-8,18H,1-2,5-6,9-11H2,(H2,16,20)(H,17,19). The van der Waals surface area contributed by atoms with Gasteiger partial charge in [-0.1, -0.05) is 25.0 Å². The molecule has 0 spiro atoms. The highest BCUT2D eigenvalue weighted by Crippen LogP contribution is 2.16. The van der Waals surface area contributed by atoms with Crippen molar-refractivity contribution < 1.29 is 19.4 Å². The van der Waals surface area contributed by atoms with Crippen molar-refractivity contribution in [3.63, 3.8) is 0 Å². The summed E-state index contributed by atoms with van der Waals surface area (Å²) < 4.78 is 5.31. The van der Waals surface area contributed by atoms with Crippen molar-refractivity contribution in [2.24, 2.45) is 5.73 Å². The number of ether oxygens (including phenoxy) is 1. The minimum Gasteiger partial charge on any atom is -0.483 e. The Hall–Kier alpha value is -2.08. The number of carbonyl (C=O) groups is 2. The zero-order valence-corrected chi connectivity index (χ0v) is 12.0. The molecule has 4 N–H and O–H groups in total. The van der Waals surface area contributed by atoms with Crippen LogP contribution in [0.15, 0.2) is 24.3 Å². The van der Waals surface area contributed by atoms with Crippen LogP contribution in [0, 0.1) is 0 Å². The van der Waals surface area contributed by atoms with Crippen LogP contribution in [0.2, 0.25) is 0 Å². The van der Waals surface area contributed by atoms with Crippen LogP contribution in [0.5, 0.6) is 5.75 Å². The third kappa shape index (κ3) is 6.76. The number of rotatable bonds is 10. The first-order valence-corrected chi connectivity index (χ1v) is 7.04. The van der Waals surface area contributed by atoms with Crippen molar-refractivity contribution in [2.45, 2.75) is 25.7 Å². The third-order valence-electron chi connectivity index (χ3n) is 2.92. The molecule has 0 aromatic heterocycles. The average molecular weight is 294 g/mol. The molecule has 116 valence electrons. The Morgan fingerprint density at radius 3 is 2.57 bits per heavy atom. The van der Waals surface area contributed by atoms with Crippen LogP contribution in [0.25, 0.3) is 0 Å². The van der Waals surface area contributed by atoms with Gasteiger partial charge < -0.3 is 20.9 Å². The van der Waals surface area contributed by atoms with E-state index in [-0.39, 0.29) is 24.7 Å². The van der Waals surface area contributed by atoms with E-state index in [9.17, 15) is 9.59 Å². The zero-order chi connectivity index (χ0) is 15.5. The predicted octanol–water partition coefficient (Wildman–Crippen LogP) is 0.833. The summed E-state index contributed by atoms with van der Waals surface area (Å²) >= 11 is 0. The maximum absolute atomic E-state index is 11.6. The van der Waals surface area contributed by atoms with Crippen LogP contribution in [0.3, 0.4) is 0 Å². The topological polar surface area (TPSA) is 102 Å². The Morgan fingerprint density at radius 1 is 1.14 bits per heavy atom. The van der Waals surface area contributed by atoms with Crippen molar-refractivity contribution in [2.75, 3.05) is 19.8 Å². The van der Waals surface area contributed by atoms with Crippen molar-refractivity contribution in [1.29, 1.82) is 0 Å².